The number of benzene rings is 1. The molecule has 3 nitrogen and oxygen atoms in total. The Morgan fingerprint density at radius 3 is 2.75 bits per heavy atom. The molecule has 3 atom stereocenters. The number of hydrogen-bond donors (Lipinski definition) is 2. The average molecular weight is 295 g/mol. The Labute approximate surface area is 126 Å². The minimum absolute atomic E-state index is 0. The van der Waals surface area contributed by atoms with Crippen molar-refractivity contribution in [3.8, 4) is 0 Å². The van der Waals surface area contributed by atoms with Gasteiger partial charge in [-0.15, -0.1) is 12.4 Å². The number of carbonyl (C=O) groups excluding carboxylic acids is 1. The smallest absolute Gasteiger partial charge is 0.225 e. The first-order chi connectivity index (χ1) is 9.16. The van der Waals surface area contributed by atoms with Crippen molar-refractivity contribution in [3.63, 3.8) is 0 Å². The Balaban J connectivity index is 0.00000147. The molecule has 4 heteroatoms. The zero-order valence-electron chi connectivity index (χ0n) is 12.1. The number of nitrogens with one attached hydrogen (secondary N) is 2. The predicted octanol–water partition coefficient (Wildman–Crippen LogP) is 2.34. The van der Waals surface area contributed by atoms with Crippen molar-refractivity contribution in [3.05, 3.63) is 34.9 Å². The molecule has 0 radical (unpaired) electrons. The highest BCUT2D eigenvalue weighted by Gasteiger charge is 2.45. The highest BCUT2D eigenvalue weighted by molar-refractivity contribution is 5.85. The summed E-state index contributed by atoms with van der Waals surface area (Å²) >= 11 is 0. The molecule has 1 heterocycles. The van der Waals surface area contributed by atoms with Gasteiger partial charge in [0.25, 0.3) is 0 Å². The fourth-order valence-corrected chi connectivity index (χ4v) is 3.54. The van der Waals surface area contributed by atoms with E-state index in [-0.39, 0.29) is 24.2 Å². The van der Waals surface area contributed by atoms with E-state index in [9.17, 15) is 4.79 Å². The molecule has 0 spiro atoms. The SMILES string of the molecule is Cc1cccc(CNC(=O)[C@@H]2[C@H]3CC[C@@H]2NC3)c1C.Cl. The van der Waals surface area contributed by atoms with E-state index in [1.54, 1.807) is 0 Å². The topological polar surface area (TPSA) is 41.1 Å². The van der Waals surface area contributed by atoms with Gasteiger partial charge in [0, 0.05) is 12.6 Å². The van der Waals surface area contributed by atoms with Crippen molar-refractivity contribution in [1.29, 1.82) is 0 Å². The summed E-state index contributed by atoms with van der Waals surface area (Å²) in [6.07, 6.45) is 2.37. The van der Waals surface area contributed by atoms with E-state index in [1.165, 1.54) is 23.1 Å². The zero-order valence-corrected chi connectivity index (χ0v) is 12.9. The van der Waals surface area contributed by atoms with Gasteiger partial charge in [-0.05, 0) is 55.8 Å². The Morgan fingerprint density at radius 1 is 1.35 bits per heavy atom. The van der Waals surface area contributed by atoms with Gasteiger partial charge in [-0.1, -0.05) is 18.2 Å². The Hall–Kier alpha value is -1.06. The number of aryl methyl sites for hydroxylation is 1. The first-order valence-corrected chi connectivity index (χ1v) is 7.23. The molecular formula is C16H23ClN2O. The lowest BCUT2D eigenvalue weighted by Gasteiger charge is -2.16. The summed E-state index contributed by atoms with van der Waals surface area (Å²) in [6, 6.07) is 6.69. The van der Waals surface area contributed by atoms with Crippen LogP contribution in [0.25, 0.3) is 0 Å². The second kappa shape index (κ2) is 6.15. The summed E-state index contributed by atoms with van der Waals surface area (Å²) < 4.78 is 0. The van der Waals surface area contributed by atoms with E-state index in [2.05, 4.69) is 42.7 Å². The number of fused-ring (bicyclic) bond motifs is 2. The van der Waals surface area contributed by atoms with Crippen LogP contribution >= 0.6 is 12.4 Å². The quantitative estimate of drug-likeness (QED) is 0.898. The second-order valence-electron chi connectivity index (χ2n) is 5.95. The van der Waals surface area contributed by atoms with Gasteiger partial charge in [0.05, 0.1) is 5.92 Å². The van der Waals surface area contributed by atoms with Crippen LogP contribution in [-0.2, 0) is 11.3 Å². The summed E-state index contributed by atoms with van der Waals surface area (Å²) in [5, 5.41) is 6.58. The lowest BCUT2D eigenvalue weighted by atomic mass is 9.97. The molecule has 2 N–H and O–H groups in total. The molecule has 1 saturated carbocycles. The first kappa shape index (κ1) is 15.3. The maximum Gasteiger partial charge on any atom is 0.225 e. The van der Waals surface area contributed by atoms with Crippen molar-refractivity contribution in [1.82, 2.24) is 10.6 Å². The van der Waals surface area contributed by atoms with E-state index < -0.39 is 0 Å². The third-order valence-electron chi connectivity index (χ3n) is 4.90. The van der Waals surface area contributed by atoms with E-state index >= 15 is 0 Å². The fourth-order valence-electron chi connectivity index (χ4n) is 3.54. The number of rotatable bonds is 3. The Bertz CT molecular complexity index is 483. The standard InChI is InChI=1S/C16H22N2O.ClH/c1-10-4-3-5-12(11(10)2)8-18-16(19)15-13-6-7-14(15)17-9-13;/h3-5,13-15,17H,6-9H2,1-2H3,(H,18,19);1H/t13-,14-,15+;/m0./s1. The van der Waals surface area contributed by atoms with Crippen molar-refractivity contribution in [2.24, 2.45) is 11.8 Å². The largest absolute Gasteiger partial charge is 0.352 e. The second-order valence-corrected chi connectivity index (χ2v) is 5.95. The number of amides is 1. The lowest BCUT2D eigenvalue weighted by molar-refractivity contribution is -0.125. The number of carbonyl (C=O) groups is 1. The maximum absolute atomic E-state index is 12.3. The molecule has 110 valence electrons. The molecule has 1 amide bonds. The van der Waals surface area contributed by atoms with E-state index in [0.29, 0.717) is 18.5 Å². The van der Waals surface area contributed by atoms with Crippen LogP contribution in [0, 0.1) is 25.7 Å². The van der Waals surface area contributed by atoms with Crippen LogP contribution in [0.4, 0.5) is 0 Å². The molecule has 2 bridgehead atoms. The van der Waals surface area contributed by atoms with Gasteiger partial charge in [0.15, 0.2) is 0 Å². The summed E-state index contributed by atoms with van der Waals surface area (Å²) in [4.78, 5) is 12.3. The third kappa shape index (κ3) is 2.70. The van der Waals surface area contributed by atoms with Gasteiger partial charge >= 0.3 is 0 Å². The molecule has 20 heavy (non-hydrogen) atoms. The van der Waals surface area contributed by atoms with Gasteiger partial charge in [0.2, 0.25) is 5.91 Å². The Morgan fingerprint density at radius 2 is 2.15 bits per heavy atom. The van der Waals surface area contributed by atoms with Gasteiger partial charge in [-0.25, -0.2) is 0 Å². The van der Waals surface area contributed by atoms with E-state index in [0.717, 1.165) is 13.0 Å². The molecule has 1 aromatic carbocycles. The van der Waals surface area contributed by atoms with Gasteiger partial charge in [-0.2, -0.15) is 0 Å². The van der Waals surface area contributed by atoms with Crippen LogP contribution in [0.2, 0.25) is 0 Å². The number of piperidine rings is 1. The maximum atomic E-state index is 12.3. The number of hydrogen-bond acceptors (Lipinski definition) is 2. The minimum Gasteiger partial charge on any atom is -0.352 e. The average Bonchev–Trinajstić information content (AvgIpc) is 3.00. The molecule has 0 aromatic heterocycles. The van der Waals surface area contributed by atoms with Crippen LogP contribution in [0.15, 0.2) is 18.2 Å². The molecular weight excluding hydrogens is 272 g/mol. The molecule has 1 aliphatic heterocycles. The van der Waals surface area contributed by atoms with Crippen LogP contribution in [0.1, 0.15) is 29.5 Å². The normalized spacial score (nSPS) is 27.2. The summed E-state index contributed by atoms with van der Waals surface area (Å²) in [7, 11) is 0. The minimum atomic E-state index is 0. The number of halogens is 1. The van der Waals surface area contributed by atoms with Crippen LogP contribution < -0.4 is 10.6 Å². The van der Waals surface area contributed by atoms with Crippen molar-refractivity contribution in [2.75, 3.05) is 6.54 Å². The van der Waals surface area contributed by atoms with Gasteiger partial charge in [-0.3, -0.25) is 4.79 Å². The van der Waals surface area contributed by atoms with Crippen molar-refractivity contribution >= 4 is 18.3 Å². The van der Waals surface area contributed by atoms with Crippen LogP contribution in [0.3, 0.4) is 0 Å². The summed E-state index contributed by atoms with van der Waals surface area (Å²) in [5.74, 6) is 0.993. The Kier molecular flexibility index (Phi) is 4.71. The monoisotopic (exact) mass is 294 g/mol. The highest BCUT2D eigenvalue weighted by Crippen LogP contribution is 2.36. The highest BCUT2D eigenvalue weighted by atomic mass is 35.5. The van der Waals surface area contributed by atoms with Crippen molar-refractivity contribution in [2.45, 2.75) is 39.3 Å². The molecule has 2 aliphatic rings. The van der Waals surface area contributed by atoms with E-state index in [4.69, 9.17) is 0 Å². The fraction of sp³-hybridized carbons (Fsp3) is 0.562. The molecule has 1 aliphatic carbocycles. The first-order valence-electron chi connectivity index (χ1n) is 7.23. The summed E-state index contributed by atoms with van der Waals surface area (Å²) in [5.41, 5.74) is 3.80. The molecule has 1 saturated heterocycles. The molecule has 2 fully saturated rings. The van der Waals surface area contributed by atoms with Gasteiger partial charge < -0.3 is 10.6 Å². The molecule has 3 rings (SSSR count). The zero-order chi connectivity index (χ0) is 13.4. The van der Waals surface area contributed by atoms with E-state index in [1.807, 2.05) is 0 Å². The lowest BCUT2D eigenvalue weighted by Crippen LogP contribution is -2.36. The van der Waals surface area contributed by atoms with Crippen LogP contribution in [0.5, 0.6) is 0 Å². The third-order valence-corrected chi connectivity index (χ3v) is 4.90. The summed E-state index contributed by atoms with van der Waals surface area (Å²) in [6.45, 7) is 5.91. The predicted molar refractivity (Wildman–Crippen MR) is 83.0 cm³/mol. The van der Waals surface area contributed by atoms with Crippen LogP contribution in [-0.4, -0.2) is 18.5 Å². The van der Waals surface area contributed by atoms with Gasteiger partial charge in [0.1, 0.15) is 0 Å². The molecule has 1 aromatic rings. The molecule has 0 unspecified atom stereocenters. The van der Waals surface area contributed by atoms with Crippen molar-refractivity contribution < 1.29 is 4.79 Å².